The van der Waals surface area contributed by atoms with Gasteiger partial charge < -0.3 is 0 Å². The molecule has 0 amide bonds. The lowest BCUT2D eigenvalue weighted by molar-refractivity contribution is 0.892. The Morgan fingerprint density at radius 1 is 0.714 bits per heavy atom. The van der Waals surface area contributed by atoms with E-state index in [9.17, 15) is 0 Å². The molecule has 4 heteroatoms. The van der Waals surface area contributed by atoms with Crippen molar-refractivity contribution >= 4 is 47.3 Å². The zero-order valence-electron chi connectivity index (χ0n) is 16.5. The first-order valence-electron chi connectivity index (χ1n) is 9.83. The van der Waals surface area contributed by atoms with Crippen molar-refractivity contribution in [2.24, 2.45) is 0 Å². The van der Waals surface area contributed by atoms with Gasteiger partial charge in [0.15, 0.2) is 0 Å². The predicted octanol–water partition coefficient (Wildman–Crippen LogP) is 6.66. The first-order valence-corrected chi connectivity index (χ1v) is 16.7. The van der Waals surface area contributed by atoms with Crippen LogP contribution in [0.3, 0.4) is 0 Å². The summed E-state index contributed by atoms with van der Waals surface area (Å²) in [5, 5.41) is 2.07. The topological polar surface area (TPSA) is 0 Å². The van der Waals surface area contributed by atoms with E-state index in [1.807, 2.05) is 30.3 Å². The minimum Gasteiger partial charge on any atom is -0.134 e. The summed E-state index contributed by atoms with van der Waals surface area (Å²) in [4.78, 5) is 0. The molecule has 2 rings (SSSR count). The van der Waals surface area contributed by atoms with Crippen LogP contribution in [0.25, 0.3) is 0 Å². The van der Waals surface area contributed by atoms with Gasteiger partial charge in [0.25, 0.3) is 0 Å². The smallest absolute Gasteiger partial charge is 0.134 e. The molecule has 0 fully saturated rings. The molecule has 0 aromatic heterocycles. The SMILES string of the molecule is C=CC[Si](CC=C)(CC=C)CCCc1ccc([Si](Cl)(Cl)c2ccccc2)cc1. The van der Waals surface area contributed by atoms with Gasteiger partial charge in [0, 0.05) is 0 Å². The second-order valence-electron chi connectivity index (χ2n) is 7.47. The molecule has 2 aromatic rings. The summed E-state index contributed by atoms with van der Waals surface area (Å²) >= 11 is 13.6. The van der Waals surface area contributed by atoms with Gasteiger partial charge in [0.05, 0.1) is 8.07 Å². The van der Waals surface area contributed by atoms with E-state index >= 15 is 0 Å². The van der Waals surface area contributed by atoms with Crippen LogP contribution in [0.4, 0.5) is 0 Å². The highest BCUT2D eigenvalue weighted by atomic mass is 35.7. The molecule has 0 aliphatic carbocycles. The van der Waals surface area contributed by atoms with E-state index in [0.29, 0.717) is 0 Å². The van der Waals surface area contributed by atoms with E-state index in [1.165, 1.54) is 18.0 Å². The van der Waals surface area contributed by atoms with E-state index in [1.54, 1.807) is 0 Å². The fourth-order valence-electron chi connectivity index (χ4n) is 3.84. The Morgan fingerprint density at radius 3 is 1.71 bits per heavy atom. The molecule has 0 bridgehead atoms. The molecule has 0 aliphatic heterocycles. The lowest BCUT2D eigenvalue weighted by Crippen LogP contribution is -2.48. The Kier molecular flexibility index (Phi) is 9.03. The van der Waals surface area contributed by atoms with Gasteiger partial charge in [-0.25, -0.2) is 0 Å². The predicted molar refractivity (Wildman–Crippen MR) is 134 cm³/mol. The van der Waals surface area contributed by atoms with Crippen LogP contribution in [-0.2, 0) is 6.42 Å². The maximum Gasteiger partial charge on any atom is 0.310 e. The molecule has 0 N–H and O–H groups in total. The van der Waals surface area contributed by atoms with Crippen LogP contribution in [0.2, 0.25) is 24.2 Å². The molecule has 0 radical (unpaired) electrons. The van der Waals surface area contributed by atoms with Crippen LogP contribution in [0.1, 0.15) is 12.0 Å². The molecular formula is C24H30Cl2Si2. The second-order valence-corrected chi connectivity index (χ2v) is 18.5. The molecule has 0 spiro atoms. The Morgan fingerprint density at radius 2 is 1.21 bits per heavy atom. The molecule has 0 aliphatic rings. The van der Waals surface area contributed by atoms with Gasteiger partial charge in [-0.1, -0.05) is 85.3 Å². The second kappa shape index (κ2) is 11.0. The maximum atomic E-state index is 6.79. The van der Waals surface area contributed by atoms with Gasteiger partial charge in [-0.2, -0.15) is 0 Å². The fourth-order valence-corrected chi connectivity index (χ4v) is 10.8. The molecule has 0 saturated carbocycles. The zero-order valence-corrected chi connectivity index (χ0v) is 20.1. The zero-order chi connectivity index (χ0) is 20.5. The first-order chi connectivity index (χ1) is 13.5. The lowest BCUT2D eigenvalue weighted by atomic mass is 10.1. The quantitative estimate of drug-likeness (QED) is 0.195. The van der Waals surface area contributed by atoms with Gasteiger partial charge in [-0.3, -0.25) is 0 Å². The van der Waals surface area contributed by atoms with Crippen molar-refractivity contribution in [1.29, 1.82) is 0 Å². The average molecular weight is 446 g/mol. The van der Waals surface area contributed by atoms with Gasteiger partial charge >= 0.3 is 6.69 Å². The molecule has 0 saturated heterocycles. The van der Waals surface area contributed by atoms with Crippen LogP contribution in [0.15, 0.2) is 92.6 Å². The highest BCUT2D eigenvalue weighted by molar-refractivity contribution is 7.56. The van der Waals surface area contributed by atoms with Crippen molar-refractivity contribution in [1.82, 2.24) is 0 Å². The minimum atomic E-state index is -2.65. The van der Waals surface area contributed by atoms with E-state index < -0.39 is 14.8 Å². The lowest BCUT2D eigenvalue weighted by Gasteiger charge is -2.28. The summed E-state index contributed by atoms with van der Waals surface area (Å²) in [7, 11) is -1.42. The number of hydrogen-bond donors (Lipinski definition) is 0. The minimum absolute atomic E-state index is 1.03. The van der Waals surface area contributed by atoms with E-state index in [-0.39, 0.29) is 0 Å². The van der Waals surface area contributed by atoms with Crippen molar-refractivity contribution < 1.29 is 0 Å². The Hall–Kier alpha value is -1.33. The summed E-state index contributed by atoms with van der Waals surface area (Å²) in [6, 6.07) is 23.2. The van der Waals surface area contributed by atoms with E-state index in [2.05, 4.69) is 62.2 Å². The molecule has 0 atom stereocenters. The van der Waals surface area contributed by atoms with Gasteiger partial charge in [0.2, 0.25) is 0 Å². The fraction of sp³-hybridized carbons (Fsp3) is 0.250. The summed E-state index contributed by atoms with van der Waals surface area (Å²) in [5.41, 5.74) is 1.34. The third kappa shape index (κ3) is 6.08. The summed E-state index contributed by atoms with van der Waals surface area (Å²) < 4.78 is 0. The van der Waals surface area contributed by atoms with Crippen LogP contribution in [0.5, 0.6) is 0 Å². The van der Waals surface area contributed by atoms with Crippen molar-refractivity contribution in [2.45, 2.75) is 37.0 Å². The van der Waals surface area contributed by atoms with Gasteiger partial charge in [0.1, 0.15) is 0 Å². The largest absolute Gasteiger partial charge is 0.310 e. The molecule has 0 heterocycles. The number of benzene rings is 2. The number of aryl methyl sites for hydroxylation is 1. The summed E-state index contributed by atoms with van der Waals surface area (Å²) in [6.45, 7) is 9.28. The molecule has 2 aromatic carbocycles. The van der Waals surface area contributed by atoms with Crippen LogP contribution >= 0.6 is 22.2 Å². The van der Waals surface area contributed by atoms with E-state index in [4.69, 9.17) is 22.2 Å². The highest BCUT2D eigenvalue weighted by Gasteiger charge is 2.33. The maximum absolute atomic E-state index is 6.79. The third-order valence-electron chi connectivity index (χ3n) is 5.36. The van der Waals surface area contributed by atoms with Crippen LogP contribution < -0.4 is 10.4 Å². The normalized spacial score (nSPS) is 11.8. The molecule has 0 unspecified atom stereocenters. The monoisotopic (exact) mass is 444 g/mol. The number of hydrogen-bond acceptors (Lipinski definition) is 0. The first kappa shape index (κ1) is 23.0. The van der Waals surface area contributed by atoms with Crippen LogP contribution in [0, 0.1) is 0 Å². The third-order valence-corrected chi connectivity index (χ3v) is 15.0. The van der Waals surface area contributed by atoms with Crippen molar-refractivity contribution in [3.05, 3.63) is 98.1 Å². The Labute approximate surface area is 182 Å². The summed E-state index contributed by atoms with van der Waals surface area (Å²) in [5.74, 6) is 0. The molecule has 148 valence electrons. The summed E-state index contributed by atoms with van der Waals surface area (Å²) in [6.07, 6.45) is 8.52. The molecule has 0 nitrogen and oxygen atoms in total. The van der Waals surface area contributed by atoms with Gasteiger partial charge in [-0.15, -0.1) is 41.9 Å². The Bertz CT molecular complexity index is 740. The van der Waals surface area contributed by atoms with E-state index in [0.717, 1.165) is 34.9 Å². The van der Waals surface area contributed by atoms with Crippen LogP contribution in [-0.4, -0.2) is 14.8 Å². The van der Waals surface area contributed by atoms with Crippen molar-refractivity contribution in [3.63, 3.8) is 0 Å². The van der Waals surface area contributed by atoms with Crippen molar-refractivity contribution in [3.8, 4) is 0 Å². The number of halogens is 2. The average Bonchev–Trinajstić information content (AvgIpc) is 2.70. The van der Waals surface area contributed by atoms with Gasteiger partial charge in [-0.05, 0) is 40.5 Å². The molecule has 28 heavy (non-hydrogen) atoms. The molecular weight excluding hydrogens is 415 g/mol. The number of rotatable bonds is 12. The standard InChI is InChI=1S/C24H30Cl2Si2/c1-4-18-27(19-5-2,20-6-3)21-10-11-22-14-16-24(17-15-22)28(25,26)23-12-8-7-9-13-23/h4-9,12-17H,1-3,10-11,18-21H2. The Balaban J connectivity index is 2.03. The van der Waals surface area contributed by atoms with Crippen molar-refractivity contribution in [2.75, 3.05) is 0 Å². The highest BCUT2D eigenvalue weighted by Crippen LogP contribution is 2.29. The number of allylic oxidation sites excluding steroid dienone is 3.